The molecular weight excluding hydrogens is 302 g/mol. The van der Waals surface area contributed by atoms with E-state index in [0.29, 0.717) is 23.6 Å². The van der Waals surface area contributed by atoms with Crippen LogP contribution in [0.4, 0.5) is 5.82 Å². The summed E-state index contributed by atoms with van der Waals surface area (Å²) in [5.74, 6) is 0.607. The Bertz CT molecular complexity index is 865. The van der Waals surface area contributed by atoms with Crippen molar-refractivity contribution in [2.24, 2.45) is 10.7 Å². The van der Waals surface area contributed by atoms with Crippen LogP contribution >= 0.6 is 0 Å². The second kappa shape index (κ2) is 7.36. The molecule has 0 aliphatic heterocycles. The standard InChI is InChI=1S/C17H19N7/c1-2-24-12-22-15-16(20-11-21-17(15)24)23-14(8-18)10-19-9-13-6-4-3-5-7-13/h3-8,10-12H,2,9,18H2,1H3,(H,20,21,23)/b14-8+,19-10?. The van der Waals surface area contributed by atoms with E-state index < -0.39 is 0 Å². The average Bonchev–Trinajstić information content (AvgIpc) is 3.06. The summed E-state index contributed by atoms with van der Waals surface area (Å²) in [6.45, 7) is 3.42. The van der Waals surface area contributed by atoms with Crippen molar-refractivity contribution in [1.29, 1.82) is 0 Å². The topological polar surface area (TPSA) is 94.0 Å². The van der Waals surface area contributed by atoms with Crippen LogP contribution in [0.1, 0.15) is 12.5 Å². The molecule has 122 valence electrons. The summed E-state index contributed by atoms with van der Waals surface area (Å²) < 4.78 is 1.96. The van der Waals surface area contributed by atoms with Crippen molar-refractivity contribution >= 4 is 23.2 Å². The molecule has 24 heavy (non-hydrogen) atoms. The number of hydrogen-bond acceptors (Lipinski definition) is 6. The Morgan fingerprint density at radius 3 is 2.83 bits per heavy atom. The Hall–Kier alpha value is -3.22. The van der Waals surface area contributed by atoms with Crippen molar-refractivity contribution in [2.75, 3.05) is 5.32 Å². The van der Waals surface area contributed by atoms with Gasteiger partial charge in [0.15, 0.2) is 17.0 Å². The fraction of sp³-hybridized carbons (Fsp3) is 0.176. The molecule has 3 rings (SSSR count). The van der Waals surface area contributed by atoms with Gasteiger partial charge >= 0.3 is 0 Å². The van der Waals surface area contributed by atoms with Crippen LogP contribution in [0.3, 0.4) is 0 Å². The zero-order chi connectivity index (χ0) is 16.8. The van der Waals surface area contributed by atoms with Crippen LogP contribution in [0.25, 0.3) is 11.2 Å². The largest absolute Gasteiger partial charge is 0.403 e. The summed E-state index contributed by atoms with van der Waals surface area (Å²) in [6, 6.07) is 10.0. The van der Waals surface area contributed by atoms with Gasteiger partial charge in [-0.2, -0.15) is 0 Å². The predicted octanol–water partition coefficient (Wildman–Crippen LogP) is 2.33. The van der Waals surface area contributed by atoms with E-state index in [2.05, 4.69) is 25.3 Å². The van der Waals surface area contributed by atoms with Gasteiger partial charge in [0, 0.05) is 19.0 Å². The molecule has 0 unspecified atom stereocenters. The Labute approximate surface area is 140 Å². The van der Waals surface area contributed by atoms with Gasteiger partial charge in [0.25, 0.3) is 0 Å². The molecule has 0 fully saturated rings. The number of aryl methyl sites for hydroxylation is 1. The van der Waals surface area contributed by atoms with Crippen molar-refractivity contribution in [3.63, 3.8) is 0 Å². The Kier molecular flexibility index (Phi) is 4.81. The minimum atomic E-state index is 0.587. The van der Waals surface area contributed by atoms with Crippen molar-refractivity contribution in [3.8, 4) is 0 Å². The number of nitrogens with two attached hydrogens (primary N) is 1. The molecule has 0 spiro atoms. The van der Waals surface area contributed by atoms with E-state index in [1.807, 2.05) is 41.8 Å². The maximum Gasteiger partial charge on any atom is 0.165 e. The monoisotopic (exact) mass is 321 g/mol. The zero-order valence-electron chi connectivity index (χ0n) is 13.4. The van der Waals surface area contributed by atoms with Gasteiger partial charge in [0.05, 0.1) is 18.6 Å². The average molecular weight is 321 g/mol. The normalized spacial score (nSPS) is 12.1. The van der Waals surface area contributed by atoms with E-state index in [0.717, 1.165) is 17.8 Å². The minimum Gasteiger partial charge on any atom is -0.403 e. The van der Waals surface area contributed by atoms with Gasteiger partial charge in [-0.25, -0.2) is 15.0 Å². The molecule has 0 aliphatic rings. The van der Waals surface area contributed by atoms with E-state index in [9.17, 15) is 0 Å². The number of nitrogens with zero attached hydrogens (tertiary/aromatic N) is 5. The molecule has 0 saturated carbocycles. The summed E-state index contributed by atoms with van der Waals surface area (Å²) in [6.07, 6.45) is 6.41. The highest BCUT2D eigenvalue weighted by Crippen LogP contribution is 2.18. The lowest BCUT2D eigenvalue weighted by atomic mass is 10.2. The van der Waals surface area contributed by atoms with Crippen LogP contribution in [0.5, 0.6) is 0 Å². The van der Waals surface area contributed by atoms with Crippen molar-refractivity contribution < 1.29 is 0 Å². The number of imidazole rings is 1. The van der Waals surface area contributed by atoms with E-state index >= 15 is 0 Å². The third-order valence-electron chi connectivity index (χ3n) is 3.53. The number of allylic oxidation sites excluding steroid dienone is 1. The lowest BCUT2D eigenvalue weighted by Gasteiger charge is -2.06. The third-order valence-corrected chi connectivity index (χ3v) is 3.53. The lowest BCUT2D eigenvalue weighted by molar-refractivity contribution is 0.777. The first-order chi connectivity index (χ1) is 11.8. The molecule has 0 bridgehead atoms. The zero-order valence-corrected chi connectivity index (χ0v) is 13.4. The van der Waals surface area contributed by atoms with Crippen molar-refractivity contribution in [3.05, 3.63) is 60.4 Å². The number of anilines is 1. The second-order valence-electron chi connectivity index (χ2n) is 5.13. The molecule has 0 atom stereocenters. The molecule has 0 aliphatic carbocycles. The van der Waals surface area contributed by atoms with Gasteiger partial charge < -0.3 is 15.6 Å². The molecule has 7 nitrogen and oxygen atoms in total. The number of aliphatic imine (C=N–C) groups is 1. The van der Waals surface area contributed by atoms with Crippen molar-refractivity contribution in [1.82, 2.24) is 19.5 Å². The van der Waals surface area contributed by atoms with Gasteiger partial charge in [-0.3, -0.25) is 4.99 Å². The Morgan fingerprint density at radius 1 is 1.25 bits per heavy atom. The summed E-state index contributed by atoms with van der Waals surface area (Å²) in [5.41, 5.74) is 8.96. The molecule has 3 aromatic rings. The predicted molar refractivity (Wildman–Crippen MR) is 95.5 cm³/mol. The van der Waals surface area contributed by atoms with Crippen LogP contribution in [0, 0.1) is 0 Å². The molecule has 0 saturated heterocycles. The highest BCUT2D eigenvalue weighted by molar-refractivity contribution is 5.89. The maximum absolute atomic E-state index is 5.69. The molecule has 7 heteroatoms. The van der Waals surface area contributed by atoms with Gasteiger partial charge in [0.1, 0.15) is 6.33 Å². The van der Waals surface area contributed by atoms with E-state index in [-0.39, 0.29) is 0 Å². The molecular formula is C17H19N7. The van der Waals surface area contributed by atoms with Gasteiger partial charge in [-0.05, 0) is 12.5 Å². The van der Waals surface area contributed by atoms with E-state index in [1.54, 1.807) is 12.5 Å². The fourth-order valence-electron chi connectivity index (χ4n) is 2.29. The molecule has 2 heterocycles. The Morgan fingerprint density at radius 2 is 2.08 bits per heavy atom. The number of hydrogen-bond donors (Lipinski definition) is 2. The quantitative estimate of drug-likeness (QED) is 0.680. The van der Waals surface area contributed by atoms with E-state index in [1.165, 1.54) is 12.5 Å². The smallest absolute Gasteiger partial charge is 0.165 e. The summed E-state index contributed by atoms with van der Waals surface area (Å²) in [4.78, 5) is 17.3. The first-order valence-electron chi connectivity index (χ1n) is 7.70. The molecule has 2 aromatic heterocycles. The highest BCUT2D eigenvalue weighted by atomic mass is 15.1. The minimum absolute atomic E-state index is 0.587. The van der Waals surface area contributed by atoms with Crippen LogP contribution < -0.4 is 11.1 Å². The number of rotatable bonds is 6. The van der Waals surface area contributed by atoms with Gasteiger partial charge in [0.2, 0.25) is 0 Å². The molecule has 0 amide bonds. The summed E-state index contributed by atoms with van der Waals surface area (Å²) in [5, 5.41) is 3.16. The molecule has 1 aromatic carbocycles. The number of nitrogens with one attached hydrogen (secondary N) is 1. The van der Waals surface area contributed by atoms with Crippen LogP contribution in [0.15, 0.2) is 59.9 Å². The summed E-state index contributed by atoms with van der Waals surface area (Å²) in [7, 11) is 0. The van der Waals surface area contributed by atoms with Crippen molar-refractivity contribution in [2.45, 2.75) is 20.0 Å². The third kappa shape index (κ3) is 3.40. The number of benzene rings is 1. The van der Waals surface area contributed by atoms with E-state index in [4.69, 9.17) is 5.73 Å². The SMILES string of the molecule is CCn1cnc2c(N/C(C=NCc3ccccc3)=C/N)ncnc21. The molecule has 0 radical (unpaired) electrons. The fourth-order valence-corrected chi connectivity index (χ4v) is 2.29. The highest BCUT2D eigenvalue weighted by Gasteiger charge is 2.09. The first-order valence-corrected chi connectivity index (χ1v) is 7.70. The number of fused-ring (bicyclic) bond motifs is 1. The van der Waals surface area contributed by atoms with Crippen LogP contribution in [0.2, 0.25) is 0 Å². The lowest BCUT2D eigenvalue weighted by Crippen LogP contribution is -2.06. The van der Waals surface area contributed by atoms with Crippen LogP contribution in [-0.4, -0.2) is 25.7 Å². The second-order valence-corrected chi connectivity index (χ2v) is 5.13. The van der Waals surface area contributed by atoms with Crippen LogP contribution in [-0.2, 0) is 13.1 Å². The van der Waals surface area contributed by atoms with Gasteiger partial charge in [-0.1, -0.05) is 30.3 Å². The molecule has 3 N–H and O–H groups in total. The first kappa shape index (κ1) is 15.7. The van der Waals surface area contributed by atoms with Gasteiger partial charge in [-0.15, -0.1) is 0 Å². The number of aromatic nitrogens is 4. The summed E-state index contributed by atoms with van der Waals surface area (Å²) >= 11 is 0. The maximum atomic E-state index is 5.69. The Balaban J connectivity index is 1.75.